The zero-order valence-electron chi connectivity index (χ0n) is 20.4. The number of benzene rings is 3. The highest BCUT2D eigenvalue weighted by atomic mass is 35.5. The molecule has 0 radical (unpaired) electrons. The van der Waals surface area contributed by atoms with Gasteiger partial charge >= 0.3 is 0 Å². The van der Waals surface area contributed by atoms with E-state index in [2.05, 4.69) is 15.7 Å². The van der Waals surface area contributed by atoms with Crippen LogP contribution in [0.4, 0.5) is 11.4 Å². The molecule has 1 heterocycles. The first kappa shape index (κ1) is 28.4. The zero-order chi connectivity index (χ0) is 28.5. The van der Waals surface area contributed by atoms with Gasteiger partial charge in [-0.2, -0.15) is 5.10 Å². The fourth-order valence-corrected chi connectivity index (χ4v) is 5.40. The molecule has 0 bridgehead atoms. The number of halogens is 3. The molecule has 0 saturated heterocycles. The van der Waals surface area contributed by atoms with Crippen LogP contribution >= 0.6 is 34.8 Å². The minimum atomic E-state index is -3.98. The van der Waals surface area contributed by atoms with Gasteiger partial charge in [0.05, 0.1) is 48.8 Å². The lowest BCUT2D eigenvalue weighted by Crippen LogP contribution is -2.32. The Bertz CT molecular complexity index is 1710. The van der Waals surface area contributed by atoms with Gasteiger partial charge in [0.2, 0.25) is 5.91 Å². The fraction of sp³-hybridized carbons (Fsp3) is 0.115. The Labute approximate surface area is 239 Å². The van der Waals surface area contributed by atoms with E-state index in [1.165, 1.54) is 42.2 Å². The van der Waals surface area contributed by atoms with Gasteiger partial charge in [-0.25, -0.2) is 13.1 Å². The first-order valence-electron chi connectivity index (χ1n) is 11.3. The van der Waals surface area contributed by atoms with Crippen LogP contribution in [0.15, 0.2) is 71.9 Å². The van der Waals surface area contributed by atoms with Crippen molar-refractivity contribution in [3.8, 4) is 11.4 Å². The second-order valence-electron chi connectivity index (χ2n) is 8.57. The van der Waals surface area contributed by atoms with Crippen LogP contribution in [0.25, 0.3) is 5.69 Å². The highest BCUT2D eigenvalue weighted by Crippen LogP contribution is 2.34. The Morgan fingerprint density at radius 2 is 1.69 bits per heavy atom. The lowest BCUT2D eigenvalue weighted by atomic mass is 10.2. The van der Waals surface area contributed by atoms with Crippen LogP contribution in [-0.2, 0) is 14.6 Å². The zero-order valence-corrected chi connectivity index (χ0v) is 23.5. The molecule has 0 fully saturated rings. The summed E-state index contributed by atoms with van der Waals surface area (Å²) in [4.78, 5) is 25.5. The molecule has 0 aliphatic carbocycles. The number of aryl methyl sites for hydroxylation is 1. The fourth-order valence-electron chi connectivity index (χ4n) is 3.53. The number of phenolic OH excluding ortho intramolecular Hbond substituents is 1. The van der Waals surface area contributed by atoms with Gasteiger partial charge in [0.1, 0.15) is 11.0 Å². The van der Waals surface area contributed by atoms with E-state index < -0.39 is 32.7 Å². The molecule has 1 aromatic heterocycles. The number of anilines is 2. The Hall–Kier alpha value is -3.57. The number of nitrogens with one attached hydrogen (secondary N) is 2. The second kappa shape index (κ2) is 11.3. The third kappa shape index (κ3) is 6.20. The van der Waals surface area contributed by atoms with Crippen molar-refractivity contribution >= 4 is 67.8 Å². The van der Waals surface area contributed by atoms with Gasteiger partial charge < -0.3 is 15.7 Å². The van der Waals surface area contributed by atoms with Gasteiger partial charge in [-0.3, -0.25) is 9.59 Å². The van der Waals surface area contributed by atoms with E-state index in [1.54, 1.807) is 37.3 Å². The van der Waals surface area contributed by atoms with Crippen LogP contribution < -0.4 is 10.6 Å². The molecular weight excluding hydrogens is 587 g/mol. The SMILES string of the molecule is Cc1cccc(S(=O)(=O)C(C)C(=O)Nc2cc(O)c(NC(=O)c3cnn(-c4ccc(Cl)c(Cl)c4)c3)cc2Cl)c1. The average Bonchev–Trinajstić information content (AvgIpc) is 3.38. The summed E-state index contributed by atoms with van der Waals surface area (Å²) < 4.78 is 27.2. The smallest absolute Gasteiger partial charge is 0.258 e. The van der Waals surface area contributed by atoms with E-state index in [4.69, 9.17) is 34.8 Å². The molecule has 39 heavy (non-hydrogen) atoms. The molecule has 2 amide bonds. The highest BCUT2D eigenvalue weighted by Gasteiger charge is 2.30. The van der Waals surface area contributed by atoms with Gasteiger partial charge in [-0.05, 0) is 55.8 Å². The van der Waals surface area contributed by atoms with Crippen LogP contribution in [0.5, 0.6) is 5.75 Å². The Morgan fingerprint density at radius 1 is 0.949 bits per heavy atom. The molecule has 0 aliphatic heterocycles. The summed E-state index contributed by atoms with van der Waals surface area (Å²) in [7, 11) is -3.98. The van der Waals surface area contributed by atoms with Gasteiger partial charge in [0.15, 0.2) is 9.84 Å². The Morgan fingerprint density at radius 3 is 2.38 bits per heavy atom. The normalized spacial score (nSPS) is 12.1. The Balaban J connectivity index is 1.48. The number of aromatic hydroxyl groups is 1. The van der Waals surface area contributed by atoms with Crippen LogP contribution in [0.2, 0.25) is 15.1 Å². The third-order valence-corrected chi connectivity index (χ3v) is 8.86. The molecule has 0 saturated carbocycles. The summed E-state index contributed by atoms with van der Waals surface area (Å²) in [6.07, 6.45) is 2.78. The first-order chi connectivity index (χ1) is 18.4. The predicted octanol–water partition coefficient (Wildman–Crippen LogP) is 5.90. The molecule has 0 aliphatic rings. The molecule has 13 heteroatoms. The van der Waals surface area contributed by atoms with Gasteiger partial charge in [0, 0.05) is 12.3 Å². The summed E-state index contributed by atoms with van der Waals surface area (Å²) in [6, 6.07) is 13.4. The van der Waals surface area contributed by atoms with Crippen molar-refractivity contribution in [3.63, 3.8) is 0 Å². The topological polar surface area (TPSA) is 130 Å². The molecule has 4 aromatic rings. The maximum Gasteiger partial charge on any atom is 0.258 e. The van der Waals surface area contributed by atoms with Gasteiger partial charge in [0.25, 0.3) is 5.91 Å². The number of sulfone groups is 1. The van der Waals surface area contributed by atoms with E-state index in [0.29, 0.717) is 15.7 Å². The predicted molar refractivity (Wildman–Crippen MR) is 151 cm³/mol. The number of rotatable bonds is 7. The summed E-state index contributed by atoms with van der Waals surface area (Å²) in [6.45, 7) is 3.00. The van der Waals surface area contributed by atoms with Gasteiger partial charge in [-0.15, -0.1) is 0 Å². The number of aromatic nitrogens is 2. The minimum Gasteiger partial charge on any atom is -0.506 e. The minimum absolute atomic E-state index is 0.0136. The van der Waals surface area contributed by atoms with Crippen molar-refractivity contribution < 1.29 is 23.1 Å². The monoisotopic (exact) mass is 606 g/mol. The van der Waals surface area contributed by atoms with Gasteiger partial charge in [-0.1, -0.05) is 46.9 Å². The number of hydrogen-bond donors (Lipinski definition) is 3. The van der Waals surface area contributed by atoms with Crippen molar-refractivity contribution in [2.45, 2.75) is 24.0 Å². The van der Waals surface area contributed by atoms with Crippen molar-refractivity contribution in [3.05, 3.63) is 93.2 Å². The number of amides is 2. The number of carbonyl (C=O) groups excluding carboxylic acids is 2. The van der Waals surface area contributed by atoms with Crippen LogP contribution in [0.1, 0.15) is 22.8 Å². The largest absolute Gasteiger partial charge is 0.506 e. The van der Waals surface area contributed by atoms with E-state index in [9.17, 15) is 23.1 Å². The second-order valence-corrected chi connectivity index (χ2v) is 12.1. The quantitative estimate of drug-likeness (QED) is 0.224. The van der Waals surface area contributed by atoms with Crippen molar-refractivity contribution in [2.75, 3.05) is 10.6 Å². The maximum atomic E-state index is 12.9. The van der Waals surface area contributed by atoms with E-state index in [1.807, 2.05) is 0 Å². The highest BCUT2D eigenvalue weighted by molar-refractivity contribution is 7.92. The summed E-state index contributed by atoms with van der Waals surface area (Å²) in [5, 5.41) is 18.8. The molecule has 3 N–H and O–H groups in total. The number of nitrogens with zero attached hydrogens (tertiary/aromatic N) is 2. The number of hydrogen-bond acceptors (Lipinski definition) is 6. The van der Waals surface area contributed by atoms with Crippen molar-refractivity contribution in [1.82, 2.24) is 9.78 Å². The molecule has 1 atom stereocenters. The maximum absolute atomic E-state index is 12.9. The number of phenols is 1. The molecular formula is C26H21Cl3N4O5S. The van der Waals surface area contributed by atoms with Crippen LogP contribution in [0.3, 0.4) is 0 Å². The summed E-state index contributed by atoms with van der Waals surface area (Å²) in [5.74, 6) is -1.85. The lowest BCUT2D eigenvalue weighted by Gasteiger charge is -2.16. The summed E-state index contributed by atoms with van der Waals surface area (Å²) >= 11 is 18.3. The molecule has 202 valence electrons. The molecule has 4 rings (SSSR count). The molecule has 1 unspecified atom stereocenters. The molecule has 0 spiro atoms. The van der Waals surface area contributed by atoms with E-state index in [0.717, 1.165) is 11.6 Å². The molecule has 3 aromatic carbocycles. The van der Waals surface area contributed by atoms with Crippen LogP contribution in [0, 0.1) is 6.92 Å². The van der Waals surface area contributed by atoms with Crippen LogP contribution in [-0.4, -0.2) is 40.4 Å². The van der Waals surface area contributed by atoms with E-state index in [-0.39, 0.29) is 26.9 Å². The lowest BCUT2D eigenvalue weighted by molar-refractivity contribution is -0.115. The van der Waals surface area contributed by atoms with E-state index >= 15 is 0 Å². The Kier molecular flexibility index (Phi) is 8.22. The number of carbonyl (C=O) groups is 2. The average molecular weight is 608 g/mol. The third-order valence-electron chi connectivity index (χ3n) is 5.76. The molecule has 9 nitrogen and oxygen atoms in total. The van der Waals surface area contributed by atoms with Crippen molar-refractivity contribution in [1.29, 1.82) is 0 Å². The standard InChI is InChI=1S/C26H21Cl3N4O5S/c1-14-4-3-5-18(8-14)39(37,38)15(2)25(35)31-22-11-24(34)23(10-21(22)29)32-26(36)16-12-30-33(13-16)17-6-7-19(27)20(28)9-17/h3-13,15,34H,1-2H3,(H,31,35)(H,32,36). The van der Waals surface area contributed by atoms with Crippen molar-refractivity contribution in [2.24, 2.45) is 0 Å². The first-order valence-corrected chi connectivity index (χ1v) is 14.0. The summed E-state index contributed by atoms with van der Waals surface area (Å²) in [5.41, 5.74) is 1.41.